The summed E-state index contributed by atoms with van der Waals surface area (Å²) in [6, 6.07) is 32.1. The lowest BCUT2D eigenvalue weighted by molar-refractivity contribution is -0.123. The zero-order chi connectivity index (χ0) is 27.5. The molecule has 0 radical (unpaired) electrons. The molecule has 5 aromatic carbocycles. The maximum absolute atomic E-state index is 13.6. The first kappa shape index (κ1) is 24.7. The third-order valence-electron chi connectivity index (χ3n) is 6.75. The van der Waals surface area contributed by atoms with Crippen molar-refractivity contribution in [2.45, 2.75) is 6.04 Å². The molecule has 0 saturated heterocycles. The van der Waals surface area contributed by atoms with Crippen LogP contribution in [0.1, 0.15) is 27.7 Å². The standard InChI is InChI=1S/C32H23N5O3/c38-30(20-10-2-1-3-11-20)34-29(28-25-16-8-9-17-26(25)31(39)37-35-28)32(40)36-33-19-27-23-14-6-4-12-21(23)18-22-13-5-7-15-24(22)27/h1-19,29H,(H,34,38)(H,36,40)(H,37,39)/b33-19+/t29-/m0/s1. The normalized spacial score (nSPS) is 12.1. The van der Waals surface area contributed by atoms with Crippen LogP contribution >= 0.6 is 0 Å². The Kier molecular flexibility index (Phi) is 6.56. The van der Waals surface area contributed by atoms with Gasteiger partial charge in [0, 0.05) is 16.5 Å². The second kappa shape index (κ2) is 10.6. The van der Waals surface area contributed by atoms with Crippen LogP contribution in [0, 0.1) is 0 Å². The number of aromatic nitrogens is 2. The van der Waals surface area contributed by atoms with Crippen molar-refractivity contribution in [3.8, 4) is 0 Å². The van der Waals surface area contributed by atoms with E-state index in [2.05, 4.69) is 32.1 Å². The Balaban J connectivity index is 1.38. The van der Waals surface area contributed by atoms with Crippen LogP contribution < -0.4 is 16.3 Å². The van der Waals surface area contributed by atoms with Gasteiger partial charge in [-0.25, -0.2) is 10.5 Å². The highest BCUT2D eigenvalue weighted by atomic mass is 16.2. The van der Waals surface area contributed by atoms with Crippen LogP contribution in [0.5, 0.6) is 0 Å². The zero-order valence-corrected chi connectivity index (χ0v) is 21.2. The minimum atomic E-state index is -1.24. The zero-order valence-electron chi connectivity index (χ0n) is 21.2. The van der Waals surface area contributed by atoms with E-state index in [1.165, 1.54) is 0 Å². The van der Waals surface area contributed by atoms with Crippen LogP contribution in [-0.2, 0) is 4.79 Å². The highest BCUT2D eigenvalue weighted by Gasteiger charge is 2.27. The van der Waals surface area contributed by atoms with Crippen LogP contribution in [0.15, 0.2) is 119 Å². The van der Waals surface area contributed by atoms with Crippen molar-refractivity contribution >= 4 is 50.3 Å². The molecule has 1 aromatic heterocycles. The third-order valence-corrected chi connectivity index (χ3v) is 6.75. The molecule has 0 fully saturated rings. The molecular formula is C32H23N5O3. The monoisotopic (exact) mass is 525 g/mol. The van der Waals surface area contributed by atoms with E-state index in [4.69, 9.17) is 0 Å². The SMILES string of the molecule is O=C(N[C@H](C(=O)N/N=C/c1c2ccccc2cc2ccccc12)c1n[nH]c(=O)c2ccccc12)c1ccccc1. The number of nitrogens with zero attached hydrogens (tertiary/aromatic N) is 2. The van der Waals surface area contributed by atoms with Crippen LogP contribution in [-0.4, -0.2) is 28.2 Å². The molecule has 3 N–H and O–H groups in total. The van der Waals surface area contributed by atoms with E-state index < -0.39 is 23.4 Å². The van der Waals surface area contributed by atoms with Gasteiger partial charge in [-0.15, -0.1) is 0 Å². The molecular weight excluding hydrogens is 502 g/mol. The number of carbonyl (C=O) groups is 2. The summed E-state index contributed by atoms with van der Waals surface area (Å²) in [5, 5.41) is 18.5. The summed E-state index contributed by atoms with van der Waals surface area (Å²) in [7, 11) is 0. The number of nitrogens with one attached hydrogen (secondary N) is 3. The van der Waals surface area contributed by atoms with Gasteiger partial charge in [0.1, 0.15) is 5.69 Å². The van der Waals surface area contributed by atoms with Gasteiger partial charge in [0.25, 0.3) is 17.4 Å². The van der Waals surface area contributed by atoms with E-state index in [1.807, 2.05) is 48.5 Å². The van der Waals surface area contributed by atoms with E-state index in [0.717, 1.165) is 27.1 Å². The largest absolute Gasteiger partial charge is 0.335 e. The molecule has 40 heavy (non-hydrogen) atoms. The molecule has 1 atom stereocenters. The van der Waals surface area contributed by atoms with Gasteiger partial charge in [0.15, 0.2) is 6.04 Å². The Labute approximate surface area is 228 Å². The lowest BCUT2D eigenvalue weighted by atomic mass is 9.97. The first-order valence-corrected chi connectivity index (χ1v) is 12.7. The molecule has 194 valence electrons. The summed E-state index contributed by atoms with van der Waals surface area (Å²) in [5.41, 5.74) is 3.61. The average molecular weight is 526 g/mol. The van der Waals surface area contributed by atoms with E-state index in [0.29, 0.717) is 16.3 Å². The minimum absolute atomic E-state index is 0.197. The maximum atomic E-state index is 13.6. The number of fused-ring (bicyclic) bond motifs is 3. The summed E-state index contributed by atoms with van der Waals surface area (Å²) in [6.07, 6.45) is 1.61. The lowest BCUT2D eigenvalue weighted by Gasteiger charge is -2.18. The van der Waals surface area contributed by atoms with Gasteiger partial charge in [0.2, 0.25) is 0 Å². The smallest absolute Gasteiger partial charge is 0.272 e. The maximum Gasteiger partial charge on any atom is 0.272 e. The Morgan fingerprint density at radius 1 is 0.750 bits per heavy atom. The fraction of sp³-hybridized carbons (Fsp3) is 0.0312. The predicted molar refractivity (Wildman–Crippen MR) is 156 cm³/mol. The average Bonchev–Trinajstić information content (AvgIpc) is 3.00. The van der Waals surface area contributed by atoms with Gasteiger partial charge in [0.05, 0.1) is 11.6 Å². The minimum Gasteiger partial charge on any atom is -0.335 e. The van der Waals surface area contributed by atoms with E-state index >= 15 is 0 Å². The molecule has 0 unspecified atom stereocenters. The first-order chi connectivity index (χ1) is 19.6. The fourth-order valence-corrected chi connectivity index (χ4v) is 4.83. The number of rotatable bonds is 6. The molecule has 0 aliphatic rings. The molecule has 0 aliphatic carbocycles. The Morgan fingerprint density at radius 2 is 1.32 bits per heavy atom. The van der Waals surface area contributed by atoms with Gasteiger partial charge < -0.3 is 5.32 Å². The van der Waals surface area contributed by atoms with Crippen molar-refractivity contribution in [2.24, 2.45) is 5.10 Å². The molecule has 6 aromatic rings. The Hall–Kier alpha value is -5.63. The molecule has 0 spiro atoms. The van der Waals surface area contributed by atoms with Crippen LogP contribution in [0.3, 0.4) is 0 Å². The quantitative estimate of drug-likeness (QED) is 0.164. The van der Waals surface area contributed by atoms with Gasteiger partial charge >= 0.3 is 0 Å². The molecule has 0 aliphatic heterocycles. The molecule has 2 amide bonds. The number of H-pyrrole nitrogens is 1. The molecule has 1 heterocycles. The number of benzene rings is 5. The Bertz CT molecular complexity index is 1930. The summed E-state index contributed by atoms with van der Waals surface area (Å²) in [4.78, 5) is 39.1. The van der Waals surface area contributed by atoms with Crippen LogP contribution in [0.25, 0.3) is 32.3 Å². The summed E-state index contributed by atoms with van der Waals surface area (Å²) in [6.45, 7) is 0. The van der Waals surface area contributed by atoms with Crippen molar-refractivity contribution in [1.82, 2.24) is 20.9 Å². The molecule has 0 bridgehead atoms. The number of amides is 2. The molecule has 0 saturated carbocycles. The van der Waals surface area contributed by atoms with Gasteiger partial charge in [-0.2, -0.15) is 10.2 Å². The van der Waals surface area contributed by atoms with E-state index in [1.54, 1.807) is 60.8 Å². The van der Waals surface area contributed by atoms with E-state index in [-0.39, 0.29) is 5.69 Å². The number of hydrogen-bond acceptors (Lipinski definition) is 5. The van der Waals surface area contributed by atoms with Crippen molar-refractivity contribution < 1.29 is 9.59 Å². The fourth-order valence-electron chi connectivity index (χ4n) is 4.83. The lowest BCUT2D eigenvalue weighted by Crippen LogP contribution is -2.40. The number of hydrazone groups is 1. The number of carbonyl (C=O) groups excluding carboxylic acids is 2. The van der Waals surface area contributed by atoms with Crippen molar-refractivity contribution in [3.05, 3.63) is 136 Å². The molecule has 8 nitrogen and oxygen atoms in total. The summed E-state index contributed by atoms with van der Waals surface area (Å²) >= 11 is 0. The highest BCUT2D eigenvalue weighted by Crippen LogP contribution is 2.27. The second-order valence-electron chi connectivity index (χ2n) is 9.22. The van der Waals surface area contributed by atoms with Crippen molar-refractivity contribution in [3.63, 3.8) is 0 Å². The topological polar surface area (TPSA) is 116 Å². The predicted octanol–water partition coefficient (Wildman–Crippen LogP) is 4.85. The summed E-state index contributed by atoms with van der Waals surface area (Å²) < 4.78 is 0. The summed E-state index contributed by atoms with van der Waals surface area (Å²) in [5.74, 6) is -1.09. The third kappa shape index (κ3) is 4.69. The van der Waals surface area contributed by atoms with E-state index in [9.17, 15) is 14.4 Å². The van der Waals surface area contributed by atoms with Crippen molar-refractivity contribution in [2.75, 3.05) is 0 Å². The van der Waals surface area contributed by atoms with Gasteiger partial charge in [-0.1, -0.05) is 84.9 Å². The molecule has 6 rings (SSSR count). The molecule has 8 heteroatoms. The number of aromatic amines is 1. The van der Waals surface area contributed by atoms with Crippen LogP contribution in [0.4, 0.5) is 0 Å². The Morgan fingerprint density at radius 3 is 2.00 bits per heavy atom. The van der Waals surface area contributed by atoms with Gasteiger partial charge in [-0.3, -0.25) is 14.4 Å². The first-order valence-electron chi connectivity index (χ1n) is 12.7. The number of hydrogen-bond donors (Lipinski definition) is 3. The van der Waals surface area contributed by atoms with Crippen LogP contribution in [0.2, 0.25) is 0 Å². The highest BCUT2D eigenvalue weighted by molar-refractivity contribution is 6.13. The van der Waals surface area contributed by atoms with Gasteiger partial charge in [-0.05, 0) is 45.8 Å². The second-order valence-corrected chi connectivity index (χ2v) is 9.22. The van der Waals surface area contributed by atoms with Crippen molar-refractivity contribution in [1.29, 1.82) is 0 Å².